The summed E-state index contributed by atoms with van der Waals surface area (Å²) in [5.74, 6) is 1.93. The Morgan fingerprint density at radius 1 is 1.19 bits per heavy atom. The summed E-state index contributed by atoms with van der Waals surface area (Å²) in [7, 11) is 0. The Hall–Kier alpha value is -2.21. The first-order chi connectivity index (χ1) is 12.6. The summed E-state index contributed by atoms with van der Waals surface area (Å²) in [6.45, 7) is 5.07. The van der Waals surface area contributed by atoms with Crippen LogP contribution in [0.3, 0.4) is 0 Å². The Kier molecular flexibility index (Phi) is 6.04. The third-order valence-electron chi connectivity index (χ3n) is 4.21. The summed E-state index contributed by atoms with van der Waals surface area (Å²) in [6, 6.07) is 11.4. The van der Waals surface area contributed by atoms with Gasteiger partial charge in [-0.25, -0.2) is 0 Å². The first-order valence-corrected chi connectivity index (χ1v) is 9.46. The van der Waals surface area contributed by atoms with Gasteiger partial charge in [0.05, 0.1) is 10.5 Å². The molecule has 0 aliphatic carbocycles. The number of aryl methyl sites for hydroxylation is 1. The number of amides is 1. The summed E-state index contributed by atoms with van der Waals surface area (Å²) in [6.07, 6.45) is 0.951. The molecule has 0 saturated carbocycles. The molecule has 0 bridgehead atoms. The molecule has 0 aromatic heterocycles. The molecule has 3 rings (SSSR count). The van der Waals surface area contributed by atoms with E-state index in [9.17, 15) is 4.79 Å². The van der Waals surface area contributed by atoms with Crippen LogP contribution in [-0.4, -0.2) is 25.7 Å². The Bertz CT molecular complexity index is 793. The molecule has 1 heterocycles. The number of hydrogen-bond donors (Lipinski definition) is 1. The quantitative estimate of drug-likeness (QED) is 0.767. The third-order valence-corrected chi connectivity index (χ3v) is 4.83. The molecule has 0 saturated heterocycles. The highest BCUT2D eigenvalue weighted by Gasteiger charge is 2.16. The van der Waals surface area contributed by atoms with Gasteiger partial charge < -0.3 is 19.5 Å². The summed E-state index contributed by atoms with van der Waals surface area (Å²) in [4.78, 5) is 12.2. The maximum Gasteiger partial charge on any atom is 0.258 e. The maximum atomic E-state index is 12.2. The fraction of sp³-hybridized carbons (Fsp3) is 0.350. The van der Waals surface area contributed by atoms with Crippen molar-refractivity contribution in [2.24, 2.45) is 0 Å². The lowest BCUT2D eigenvalue weighted by molar-refractivity contribution is -0.123. The first kappa shape index (κ1) is 18.6. The van der Waals surface area contributed by atoms with E-state index in [0.717, 1.165) is 22.2 Å². The van der Waals surface area contributed by atoms with Crippen LogP contribution in [0.1, 0.15) is 31.0 Å². The molecular formula is C20H22BrNO4. The van der Waals surface area contributed by atoms with Gasteiger partial charge in [-0.2, -0.15) is 0 Å². The van der Waals surface area contributed by atoms with Crippen molar-refractivity contribution >= 4 is 21.8 Å². The van der Waals surface area contributed by atoms with Crippen molar-refractivity contribution in [1.82, 2.24) is 5.32 Å². The van der Waals surface area contributed by atoms with E-state index in [1.165, 1.54) is 5.56 Å². The molecule has 0 unspecified atom stereocenters. The fourth-order valence-corrected chi connectivity index (χ4v) is 3.26. The largest absolute Gasteiger partial charge is 0.486 e. The number of rotatable bonds is 6. The highest BCUT2D eigenvalue weighted by atomic mass is 79.9. The number of halogens is 1. The van der Waals surface area contributed by atoms with Crippen LogP contribution < -0.4 is 19.5 Å². The Balaban J connectivity index is 1.56. The van der Waals surface area contributed by atoms with Gasteiger partial charge in [0.2, 0.25) is 0 Å². The number of carbonyl (C=O) groups excluding carboxylic acids is 1. The van der Waals surface area contributed by atoms with E-state index in [1.807, 2.05) is 43.3 Å². The van der Waals surface area contributed by atoms with Crippen LogP contribution in [0.15, 0.2) is 40.9 Å². The topological polar surface area (TPSA) is 56.8 Å². The minimum absolute atomic E-state index is 0.0427. The minimum atomic E-state index is -0.182. The third kappa shape index (κ3) is 4.49. The Morgan fingerprint density at radius 2 is 1.96 bits per heavy atom. The highest BCUT2D eigenvalue weighted by Crippen LogP contribution is 2.32. The molecule has 1 aliphatic heterocycles. The van der Waals surface area contributed by atoms with E-state index in [0.29, 0.717) is 24.7 Å². The minimum Gasteiger partial charge on any atom is -0.486 e. The normalized spacial score (nSPS) is 13.8. The van der Waals surface area contributed by atoms with Crippen molar-refractivity contribution in [1.29, 1.82) is 0 Å². The van der Waals surface area contributed by atoms with E-state index >= 15 is 0 Å². The maximum absolute atomic E-state index is 12.2. The molecule has 5 nitrogen and oxygen atoms in total. The van der Waals surface area contributed by atoms with E-state index < -0.39 is 0 Å². The number of fused-ring (bicyclic) bond motifs is 1. The van der Waals surface area contributed by atoms with Crippen LogP contribution in [-0.2, 0) is 11.2 Å². The molecule has 138 valence electrons. The van der Waals surface area contributed by atoms with Crippen molar-refractivity contribution in [2.45, 2.75) is 26.3 Å². The van der Waals surface area contributed by atoms with Crippen LogP contribution in [0.4, 0.5) is 0 Å². The molecule has 1 amide bonds. The second-order valence-electron chi connectivity index (χ2n) is 6.10. The predicted octanol–water partition coefficient (Wildman–Crippen LogP) is 4.04. The number of ether oxygens (including phenoxy) is 3. The zero-order valence-corrected chi connectivity index (χ0v) is 16.5. The average molecular weight is 420 g/mol. The molecule has 1 N–H and O–H groups in total. The SMILES string of the molecule is CCc1ccc(OCC(=O)N[C@H](C)c2ccc3c(c2)OCCO3)c(Br)c1. The smallest absolute Gasteiger partial charge is 0.258 e. The van der Waals surface area contributed by atoms with Gasteiger partial charge in [0.25, 0.3) is 5.91 Å². The molecule has 1 atom stereocenters. The number of hydrogen-bond acceptors (Lipinski definition) is 4. The van der Waals surface area contributed by atoms with E-state index in [1.54, 1.807) is 0 Å². The van der Waals surface area contributed by atoms with Gasteiger partial charge in [-0.15, -0.1) is 0 Å². The van der Waals surface area contributed by atoms with E-state index in [4.69, 9.17) is 14.2 Å². The molecule has 2 aromatic carbocycles. The lowest BCUT2D eigenvalue weighted by Gasteiger charge is -2.21. The van der Waals surface area contributed by atoms with Gasteiger partial charge in [-0.05, 0) is 64.7 Å². The predicted molar refractivity (Wildman–Crippen MR) is 103 cm³/mol. The van der Waals surface area contributed by atoms with Crippen LogP contribution in [0.2, 0.25) is 0 Å². The van der Waals surface area contributed by atoms with Gasteiger partial charge >= 0.3 is 0 Å². The standard InChI is InChI=1S/C20H22BrNO4/c1-3-14-4-6-17(16(21)10-14)26-12-20(23)22-13(2)15-5-7-18-19(11-15)25-9-8-24-18/h4-7,10-11,13H,3,8-9,12H2,1-2H3,(H,22,23)/t13-/m1/s1. The summed E-state index contributed by atoms with van der Waals surface area (Å²) < 4.78 is 17.6. The molecule has 0 fully saturated rings. The van der Waals surface area contributed by atoms with Crippen molar-refractivity contribution in [2.75, 3.05) is 19.8 Å². The summed E-state index contributed by atoms with van der Waals surface area (Å²) >= 11 is 3.48. The van der Waals surface area contributed by atoms with Gasteiger partial charge in [0.15, 0.2) is 18.1 Å². The van der Waals surface area contributed by atoms with Crippen molar-refractivity contribution in [3.8, 4) is 17.2 Å². The summed E-state index contributed by atoms with van der Waals surface area (Å²) in [5, 5.41) is 2.94. The summed E-state index contributed by atoms with van der Waals surface area (Å²) in [5.41, 5.74) is 2.16. The monoisotopic (exact) mass is 419 g/mol. The van der Waals surface area contributed by atoms with Crippen LogP contribution in [0, 0.1) is 0 Å². The Morgan fingerprint density at radius 3 is 2.69 bits per heavy atom. The van der Waals surface area contributed by atoms with Crippen LogP contribution in [0.5, 0.6) is 17.2 Å². The second-order valence-corrected chi connectivity index (χ2v) is 6.95. The zero-order valence-electron chi connectivity index (χ0n) is 14.9. The van der Waals surface area contributed by atoms with Crippen molar-refractivity contribution in [3.63, 3.8) is 0 Å². The number of benzene rings is 2. The van der Waals surface area contributed by atoms with Gasteiger partial charge in [-0.1, -0.05) is 19.1 Å². The van der Waals surface area contributed by atoms with Crippen LogP contribution >= 0.6 is 15.9 Å². The van der Waals surface area contributed by atoms with Crippen LogP contribution in [0.25, 0.3) is 0 Å². The molecule has 26 heavy (non-hydrogen) atoms. The lowest BCUT2D eigenvalue weighted by Crippen LogP contribution is -2.31. The highest BCUT2D eigenvalue weighted by molar-refractivity contribution is 9.10. The van der Waals surface area contributed by atoms with Crippen molar-refractivity contribution < 1.29 is 19.0 Å². The van der Waals surface area contributed by atoms with Gasteiger partial charge in [0.1, 0.15) is 19.0 Å². The number of carbonyl (C=O) groups is 1. The molecule has 0 spiro atoms. The second kappa shape index (κ2) is 8.45. The molecule has 6 heteroatoms. The lowest BCUT2D eigenvalue weighted by atomic mass is 10.1. The Labute approximate surface area is 161 Å². The fourth-order valence-electron chi connectivity index (χ4n) is 2.72. The van der Waals surface area contributed by atoms with Gasteiger partial charge in [0, 0.05) is 0 Å². The molecule has 2 aromatic rings. The van der Waals surface area contributed by atoms with E-state index in [-0.39, 0.29) is 18.6 Å². The number of nitrogens with one attached hydrogen (secondary N) is 1. The van der Waals surface area contributed by atoms with Crippen molar-refractivity contribution in [3.05, 3.63) is 52.0 Å². The average Bonchev–Trinajstić information content (AvgIpc) is 2.66. The van der Waals surface area contributed by atoms with E-state index in [2.05, 4.69) is 28.2 Å². The molecule has 0 radical (unpaired) electrons. The molecule has 1 aliphatic rings. The first-order valence-electron chi connectivity index (χ1n) is 8.67. The molecular weight excluding hydrogens is 398 g/mol. The zero-order chi connectivity index (χ0) is 18.5. The van der Waals surface area contributed by atoms with Gasteiger partial charge in [-0.3, -0.25) is 4.79 Å².